The maximum atomic E-state index is 11.9. The van der Waals surface area contributed by atoms with E-state index >= 15 is 0 Å². The maximum absolute atomic E-state index is 11.9. The van der Waals surface area contributed by atoms with Gasteiger partial charge in [-0.15, -0.1) is 0 Å². The zero-order chi connectivity index (χ0) is 12.0. The van der Waals surface area contributed by atoms with E-state index in [0.29, 0.717) is 13.0 Å². The normalized spacial score (nSPS) is 12.4. The Morgan fingerprint density at radius 1 is 1.44 bits per heavy atom. The van der Waals surface area contributed by atoms with E-state index < -0.39 is 0 Å². The quantitative estimate of drug-likeness (QED) is 0.689. The number of carbonyl (C=O) groups is 1. The van der Waals surface area contributed by atoms with Crippen LogP contribution in [0, 0.1) is 5.92 Å². The van der Waals surface area contributed by atoms with Crippen LogP contribution in [0.15, 0.2) is 24.3 Å². The Balaban J connectivity index is 2.65. The molecule has 0 fully saturated rings. The Hall–Kier alpha value is -1.15. The molecule has 1 rings (SSSR count). The summed E-state index contributed by atoms with van der Waals surface area (Å²) in [6.07, 6.45) is 1.52. The number of methoxy groups -OCH3 is 1. The Labute approximate surface area is 97.6 Å². The van der Waals surface area contributed by atoms with E-state index in [0.717, 1.165) is 12.0 Å². The van der Waals surface area contributed by atoms with Crippen molar-refractivity contribution in [3.63, 3.8) is 0 Å². The molecular formula is C14H20O2. The molecule has 0 aliphatic carbocycles. The predicted octanol–water partition coefficient (Wildman–Crippen LogP) is 3.10. The summed E-state index contributed by atoms with van der Waals surface area (Å²) < 4.78 is 5.03. The molecule has 16 heavy (non-hydrogen) atoms. The summed E-state index contributed by atoms with van der Waals surface area (Å²) in [4.78, 5) is 11.9. The summed E-state index contributed by atoms with van der Waals surface area (Å²) in [7, 11) is 1.67. The molecule has 1 aromatic rings. The van der Waals surface area contributed by atoms with Gasteiger partial charge in [0.15, 0.2) is 5.78 Å². The fourth-order valence-electron chi connectivity index (χ4n) is 1.74. The van der Waals surface area contributed by atoms with Crippen LogP contribution in [0.4, 0.5) is 0 Å². The molecule has 0 heterocycles. The topological polar surface area (TPSA) is 26.3 Å². The van der Waals surface area contributed by atoms with E-state index in [1.807, 2.05) is 25.1 Å². The summed E-state index contributed by atoms with van der Waals surface area (Å²) in [6, 6.07) is 7.88. The van der Waals surface area contributed by atoms with Crippen molar-refractivity contribution in [3.05, 3.63) is 35.4 Å². The molecule has 0 aromatic heterocycles. The van der Waals surface area contributed by atoms with E-state index in [1.165, 1.54) is 5.56 Å². The number of Topliss-reactive ketones (excluding diaryl/α,β-unsaturated/α-hetero) is 1. The number of ketones is 1. The third-order valence-electron chi connectivity index (χ3n) is 2.64. The van der Waals surface area contributed by atoms with Crippen LogP contribution in [0.25, 0.3) is 0 Å². The molecule has 0 spiro atoms. The van der Waals surface area contributed by atoms with Crippen LogP contribution in [0.2, 0.25) is 0 Å². The summed E-state index contributed by atoms with van der Waals surface area (Å²) in [5.74, 6) is 0.489. The van der Waals surface area contributed by atoms with Gasteiger partial charge in [-0.05, 0) is 24.0 Å². The number of ether oxygens (including phenoxy) is 1. The number of hydrogen-bond acceptors (Lipinski definition) is 2. The summed E-state index contributed by atoms with van der Waals surface area (Å²) in [5.41, 5.74) is 2.03. The van der Waals surface area contributed by atoms with Crippen LogP contribution in [0.5, 0.6) is 0 Å². The predicted molar refractivity (Wildman–Crippen MR) is 65.8 cm³/mol. The molecule has 2 nitrogen and oxygen atoms in total. The van der Waals surface area contributed by atoms with Crippen molar-refractivity contribution in [3.8, 4) is 0 Å². The molecule has 88 valence electrons. The molecule has 1 aromatic carbocycles. The van der Waals surface area contributed by atoms with E-state index in [1.54, 1.807) is 7.11 Å². The van der Waals surface area contributed by atoms with Crippen molar-refractivity contribution in [2.75, 3.05) is 13.7 Å². The third kappa shape index (κ3) is 3.78. The van der Waals surface area contributed by atoms with Gasteiger partial charge in [0, 0.05) is 25.7 Å². The Kier molecular flexibility index (Phi) is 5.20. The van der Waals surface area contributed by atoms with Crippen molar-refractivity contribution >= 4 is 5.78 Å². The second kappa shape index (κ2) is 6.44. The van der Waals surface area contributed by atoms with Crippen molar-refractivity contribution in [2.45, 2.75) is 26.7 Å². The lowest BCUT2D eigenvalue weighted by molar-refractivity contribution is 0.0920. The smallest absolute Gasteiger partial charge is 0.163 e. The molecule has 0 N–H and O–H groups in total. The standard InChI is InChI=1S/C14H20O2/c1-4-12-6-5-7-13(9-12)14(15)8-11(2)10-16-3/h5-7,9,11H,4,8,10H2,1-3H3. The molecule has 0 amide bonds. The average Bonchev–Trinajstić information content (AvgIpc) is 2.29. The first-order chi connectivity index (χ1) is 7.67. The van der Waals surface area contributed by atoms with Gasteiger partial charge in [0.1, 0.15) is 0 Å². The number of rotatable bonds is 6. The molecule has 2 heteroatoms. The number of hydrogen-bond donors (Lipinski definition) is 0. The van der Waals surface area contributed by atoms with Crippen molar-refractivity contribution in [2.24, 2.45) is 5.92 Å². The first kappa shape index (κ1) is 12.9. The highest BCUT2D eigenvalue weighted by molar-refractivity contribution is 5.96. The number of benzene rings is 1. The molecule has 0 aliphatic rings. The van der Waals surface area contributed by atoms with Crippen LogP contribution < -0.4 is 0 Å². The van der Waals surface area contributed by atoms with Crippen LogP contribution in [0.3, 0.4) is 0 Å². The van der Waals surface area contributed by atoms with Gasteiger partial charge < -0.3 is 4.74 Å². The summed E-state index contributed by atoms with van der Waals surface area (Å²) in [5, 5.41) is 0. The fourth-order valence-corrected chi connectivity index (χ4v) is 1.74. The highest BCUT2D eigenvalue weighted by atomic mass is 16.5. The molecular weight excluding hydrogens is 200 g/mol. The molecule has 0 saturated heterocycles. The van der Waals surface area contributed by atoms with Gasteiger partial charge in [-0.2, -0.15) is 0 Å². The van der Waals surface area contributed by atoms with Gasteiger partial charge in [0.05, 0.1) is 0 Å². The summed E-state index contributed by atoms with van der Waals surface area (Å²) in [6.45, 7) is 4.77. The van der Waals surface area contributed by atoms with Crippen LogP contribution in [0.1, 0.15) is 36.2 Å². The van der Waals surface area contributed by atoms with E-state index in [9.17, 15) is 4.79 Å². The lowest BCUT2D eigenvalue weighted by Crippen LogP contribution is -2.10. The summed E-state index contributed by atoms with van der Waals surface area (Å²) >= 11 is 0. The van der Waals surface area contributed by atoms with Gasteiger partial charge in [-0.3, -0.25) is 4.79 Å². The zero-order valence-corrected chi connectivity index (χ0v) is 10.3. The van der Waals surface area contributed by atoms with Gasteiger partial charge in [-0.25, -0.2) is 0 Å². The Bertz CT molecular complexity index is 344. The minimum Gasteiger partial charge on any atom is -0.384 e. The first-order valence-electron chi connectivity index (χ1n) is 5.78. The van der Waals surface area contributed by atoms with Crippen molar-refractivity contribution in [1.29, 1.82) is 0 Å². The second-order valence-corrected chi connectivity index (χ2v) is 4.24. The second-order valence-electron chi connectivity index (χ2n) is 4.24. The number of aryl methyl sites for hydroxylation is 1. The van der Waals surface area contributed by atoms with Gasteiger partial charge in [0.2, 0.25) is 0 Å². The maximum Gasteiger partial charge on any atom is 0.163 e. The molecule has 0 bridgehead atoms. The monoisotopic (exact) mass is 220 g/mol. The molecule has 1 atom stereocenters. The number of carbonyl (C=O) groups excluding carboxylic acids is 1. The average molecular weight is 220 g/mol. The molecule has 1 unspecified atom stereocenters. The van der Waals surface area contributed by atoms with Crippen molar-refractivity contribution in [1.82, 2.24) is 0 Å². The van der Waals surface area contributed by atoms with Crippen molar-refractivity contribution < 1.29 is 9.53 Å². The van der Waals surface area contributed by atoms with Gasteiger partial charge in [0.25, 0.3) is 0 Å². The zero-order valence-electron chi connectivity index (χ0n) is 10.3. The molecule has 0 radical (unpaired) electrons. The van der Waals surface area contributed by atoms with E-state index in [4.69, 9.17) is 4.74 Å². The van der Waals surface area contributed by atoms with Gasteiger partial charge in [-0.1, -0.05) is 32.0 Å². The van der Waals surface area contributed by atoms with E-state index in [-0.39, 0.29) is 11.7 Å². The highest BCUT2D eigenvalue weighted by Gasteiger charge is 2.11. The van der Waals surface area contributed by atoms with Crippen LogP contribution >= 0.6 is 0 Å². The van der Waals surface area contributed by atoms with Crippen LogP contribution in [-0.2, 0) is 11.2 Å². The van der Waals surface area contributed by atoms with Crippen LogP contribution in [-0.4, -0.2) is 19.5 Å². The minimum atomic E-state index is 0.208. The largest absolute Gasteiger partial charge is 0.384 e. The Morgan fingerprint density at radius 2 is 2.19 bits per heavy atom. The fraction of sp³-hybridized carbons (Fsp3) is 0.500. The van der Waals surface area contributed by atoms with Gasteiger partial charge >= 0.3 is 0 Å². The van der Waals surface area contributed by atoms with E-state index in [2.05, 4.69) is 13.0 Å². The first-order valence-corrected chi connectivity index (χ1v) is 5.78. The minimum absolute atomic E-state index is 0.208. The Morgan fingerprint density at radius 3 is 2.81 bits per heavy atom. The molecule has 0 aliphatic heterocycles. The lowest BCUT2D eigenvalue weighted by Gasteiger charge is -2.09. The SMILES string of the molecule is CCc1cccc(C(=O)CC(C)COC)c1. The highest BCUT2D eigenvalue weighted by Crippen LogP contribution is 2.12. The third-order valence-corrected chi connectivity index (χ3v) is 2.64. The molecule has 0 saturated carbocycles. The lowest BCUT2D eigenvalue weighted by atomic mass is 9.98.